The highest BCUT2D eigenvalue weighted by Gasteiger charge is 2.51. The third kappa shape index (κ3) is 4.29. The minimum absolute atomic E-state index is 0.0784. The van der Waals surface area contributed by atoms with Gasteiger partial charge in [-0.1, -0.05) is 40.2 Å². The van der Waals surface area contributed by atoms with Crippen molar-refractivity contribution in [2.75, 3.05) is 11.1 Å². The molecular weight excluding hydrogens is 442 g/mol. The second kappa shape index (κ2) is 8.11. The maximum Gasteiger partial charge on any atom is 0.234 e. The predicted molar refractivity (Wildman–Crippen MR) is 125 cm³/mol. The lowest BCUT2D eigenvalue weighted by molar-refractivity contribution is -0.113. The fraction of sp³-hybridized carbons (Fsp3) is 0.480. The summed E-state index contributed by atoms with van der Waals surface area (Å²) in [6.07, 6.45) is 8.59. The molecule has 0 radical (unpaired) electrons. The molecule has 6 rings (SSSR count). The summed E-state index contributed by atoms with van der Waals surface area (Å²) in [7, 11) is 0. The summed E-state index contributed by atoms with van der Waals surface area (Å²) >= 11 is 5.11. The van der Waals surface area contributed by atoms with Crippen molar-refractivity contribution in [3.63, 3.8) is 0 Å². The van der Waals surface area contributed by atoms with Crippen molar-refractivity contribution in [2.24, 2.45) is 17.8 Å². The first-order valence-electron chi connectivity index (χ1n) is 10.8. The summed E-state index contributed by atoms with van der Waals surface area (Å²) in [5.41, 5.74) is 4.11. The van der Waals surface area contributed by atoms with E-state index >= 15 is 0 Å². The zero-order valence-corrected chi connectivity index (χ0v) is 19.1. The van der Waals surface area contributed by atoms with E-state index in [2.05, 4.69) is 57.6 Å². The fourth-order valence-corrected chi connectivity index (χ4v) is 7.46. The van der Waals surface area contributed by atoms with Gasteiger partial charge >= 0.3 is 0 Å². The highest BCUT2D eigenvalue weighted by atomic mass is 79.9. The number of halogens is 1. The van der Waals surface area contributed by atoms with Gasteiger partial charge < -0.3 is 5.32 Å². The van der Waals surface area contributed by atoms with E-state index in [4.69, 9.17) is 0 Å². The molecule has 1 amide bonds. The van der Waals surface area contributed by atoms with Crippen molar-refractivity contribution < 1.29 is 4.79 Å². The molecule has 2 nitrogen and oxygen atoms in total. The third-order valence-corrected chi connectivity index (χ3v) is 8.77. The molecule has 0 aromatic heterocycles. The van der Waals surface area contributed by atoms with E-state index in [-0.39, 0.29) is 5.91 Å². The summed E-state index contributed by atoms with van der Waals surface area (Å²) in [6.45, 7) is 0. The topological polar surface area (TPSA) is 29.1 Å². The van der Waals surface area contributed by atoms with E-state index in [0.717, 1.165) is 33.7 Å². The number of amides is 1. The van der Waals surface area contributed by atoms with Gasteiger partial charge in [0.25, 0.3) is 0 Å². The molecule has 0 aliphatic heterocycles. The van der Waals surface area contributed by atoms with Gasteiger partial charge in [-0.15, -0.1) is 11.8 Å². The Kier molecular flexibility index (Phi) is 5.51. The van der Waals surface area contributed by atoms with E-state index in [1.54, 1.807) is 11.8 Å². The second-order valence-corrected chi connectivity index (χ2v) is 11.3. The molecule has 152 valence electrons. The van der Waals surface area contributed by atoms with Gasteiger partial charge in [-0.3, -0.25) is 4.79 Å². The standard InChI is InChI=1S/C25H28BrNOS/c26-22-5-1-17(2-6-22)15-29-16-24(28)27-23-7-3-21(4-8-23)25-12-18-9-19(13-25)11-20(10-18)14-25/h1-8,18-20H,9-16H2,(H,27,28). The molecular formula is C25H28BrNOS. The Labute approximate surface area is 186 Å². The van der Waals surface area contributed by atoms with Crippen LogP contribution in [0.4, 0.5) is 5.69 Å². The number of hydrogen-bond acceptors (Lipinski definition) is 2. The molecule has 1 N–H and O–H groups in total. The van der Waals surface area contributed by atoms with Crippen molar-refractivity contribution in [3.05, 3.63) is 64.1 Å². The summed E-state index contributed by atoms with van der Waals surface area (Å²) in [5, 5.41) is 3.07. The van der Waals surface area contributed by atoms with Gasteiger partial charge in [0.05, 0.1) is 5.75 Å². The zero-order valence-electron chi connectivity index (χ0n) is 16.7. The van der Waals surface area contributed by atoms with Crippen LogP contribution >= 0.6 is 27.7 Å². The molecule has 0 spiro atoms. The highest BCUT2D eigenvalue weighted by molar-refractivity contribution is 9.10. The summed E-state index contributed by atoms with van der Waals surface area (Å²) in [4.78, 5) is 12.3. The lowest BCUT2D eigenvalue weighted by Crippen LogP contribution is -2.48. The van der Waals surface area contributed by atoms with Crippen molar-refractivity contribution in [3.8, 4) is 0 Å². The first kappa shape index (κ1) is 19.7. The quantitative estimate of drug-likeness (QED) is 0.504. The molecule has 4 aliphatic rings. The number of thioether (sulfide) groups is 1. The minimum atomic E-state index is 0.0784. The molecule has 4 saturated carbocycles. The number of nitrogens with one attached hydrogen (secondary N) is 1. The molecule has 2 aromatic carbocycles. The summed E-state index contributed by atoms with van der Waals surface area (Å²) in [6, 6.07) is 17.1. The van der Waals surface area contributed by atoms with Crippen LogP contribution < -0.4 is 5.32 Å². The van der Waals surface area contributed by atoms with Crippen LogP contribution in [-0.2, 0) is 16.0 Å². The van der Waals surface area contributed by atoms with Gasteiger partial charge in [0.1, 0.15) is 0 Å². The van der Waals surface area contributed by atoms with Crippen LogP contribution in [0.1, 0.15) is 49.7 Å². The van der Waals surface area contributed by atoms with Gasteiger partial charge in [-0.2, -0.15) is 0 Å². The Hall–Kier alpha value is -1.26. The van der Waals surface area contributed by atoms with Crippen LogP contribution in [0, 0.1) is 17.8 Å². The molecule has 0 heterocycles. The average molecular weight is 470 g/mol. The Morgan fingerprint density at radius 2 is 1.52 bits per heavy atom. The molecule has 0 atom stereocenters. The van der Waals surface area contributed by atoms with Crippen LogP contribution in [-0.4, -0.2) is 11.7 Å². The van der Waals surface area contributed by atoms with Crippen molar-refractivity contribution in [1.82, 2.24) is 0 Å². The maximum atomic E-state index is 12.3. The number of carbonyl (C=O) groups excluding carboxylic acids is 1. The van der Waals surface area contributed by atoms with Crippen LogP contribution in [0.15, 0.2) is 53.0 Å². The average Bonchev–Trinajstić information content (AvgIpc) is 2.69. The number of anilines is 1. The molecule has 4 aliphatic carbocycles. The Morgan fingerprint density at radius 3 is 2.10 bits per heavy atom. The Balaban J connectivity index is 1.16. The summed E-state index contributed by atoms with van der Waals surface area (Å²) < 4.78 is 1.08. The Morgan fingerprint density at radius 1 is 0.931 bits per heavy atom. The SMILES string of the molecule is O=C(CSCc1ccc(Br)cc1)Nc1ccc(C23CC4CC(CC(C4)C2)C3)cc1. The largest absolute Gasteiger partial charge is 0.325 e. The van der Waals surface area contributed by atoms with E-state index in [0.29, 0.717) is 11.2 Å². The van der Waals surface area contributed by atoms with Crippen LogP contribution in [0.3, 0.4) is 0 Å². The number of hydrogen-bond donors (Lipinski definition) is 1. The molecule has 4 bridgehead atoms. The van der Waals surface area contributed by atoms with E-state index in [9.17, 15) is 4.79 Å². The van der Waals surface area contributed by atoms with Gasteiger partial charge in [0, 0.05) is 15.9 Å². The first-order valence-corrected chi connectivity index (χ1v) is 12.8. The number of rotatable bonds is 6. The molecule has 0 saturated heterocycles. The fourth-order valence-electron chi connectivity index (χ4n) is 6.41. The normalized spacial score (nSPS) is 29.8. The highest BCUT2D eigenvalue weighted by Crippen LogP contribution is 2.60. The minimum Gasteiger partial charge on any atom is -0.325 e. The van der Waals surface area contributed by atoms with Crippen LogP contribution in [0.25, 0.3) is 0 Å². The molecule has 2 aromatic rings. The van der Waals surface area contributed by atoms with Gasteiger partial charge in [-0.05, 0) is 97.1 Å². The lowest BCUT2D eigenvalue weighted by atomic mass is 9.48. The first-order chi connectivity index (χ1) is 14.1. The molecule has 0 unspecified atom stereocenters. The number of carbonyl (C=O) groups is 1. The lowest BCUT2D eigenvalue weighted by Gasteiger charge is -2.57. The molecule has 4 fully saturated rings. The number of benzene rings is 2. The summed E-state index contributed by atoms with van der Waals surface area (Å²) in [5.74, 6) is 4.29. The van der Waals surface area contributed by atoms with Gasteiger partial charge in [0.15, 0.2) is 0 Å². The predicted octanol–water partition coefficient (Wildman–Crippen LogP) is 6.79. The molecule has 4 heteroatoms. The van der Waals surface area contributed by atoms with Crippen LogP contribution in [0.5, 0.6) is 0 Å². The molecule has 29 heavy (non-hydrogen) atoms. The van der Waals surface area contributed by atoms with E-state index < -0.39 is 0 Å². The van der Waals surface area contributed by atoms with E-state index in [1.807, 2.05) is 12.1 Å². The van der Waals surface area contributed by atoms with Crippen molar-refractivity contribution in [1.29, 1.82) is 0 Å². The smallest absolute Gasteiger partial charge is 0.234 e. The van der Waals surface area contributed by atoms with Gasteiger partial charge in [0.2, 0.25) is 5.91 Å². The third-order valence-electron chi connectivity index (χ3n) is 7.23. The van der Waals surface area contributed by atoms with E-state index in [1.165, 1.54) is 49.7 Å². The Bertz CT molecular complexity index is 841. The van der Waals surface area contributed by atoms with Crippen molar-refractivity contribution in [2.45, 2.75) is 49.7 Å². The van der Waals surface area contributed by atoms with Crippen molar-refractivity contribution >= 4 is 39.3 Å². The zero-order chi connectivity index (χ0) is 19.8. The second-order valence-electron chi connectivity index (χ2n) is 9.44. The monoisotopic (exact) mass is 469 g/mol. The van der Waals surface area contributed by atoms with Crippen LogP contribution in [0.2, 0.25) is 0 Å². The van der Waals surface area contributed by atoms with Gasteiger partial charge in [-0.25, -0.2) is 0 Å². The maximum absolute atomic E-state index is 12.3.